The Morgan fingerprint density at radius 1 is 0.926 bits per heavy atom. The number of hydrogen-bond donors (Lipinski definition) is 2. The maximum atomic E-state index is 14.3. The Morgan fingerprint density at radius 2 is 1.61 bits per heavy atom. The second kappa shape index (κ2) is 20.4. The number of benzene rings is 1. The molecule has 1 aromatic heterocycles. The molecule has 0 saturated carbocycles. The Balaban J connectivity index is 1.83. The molecule has 0 aliphatic carbocycles. The zero-order chi connectivity index (χ0) is 40.1. The van der Waals surface area contributed by atoms with E-state index in [1.807, 2.05) is 0 Å². The van der Waals surface area contributed by atoms with Crippen LogP contribution < -0.4 is 5.32 Å². The summed E-state index contributed by atoms with van der Waals surface area (Å²) in [7, 11) is 1.17. The molecule has 2 N–H and O–H groups in total. The first-order chi connectivity index (χ1) is 25.6. The quantitative estimate of drug-likeness (QED) is 0.138. The van der Waals surface area contributed by atoms with Crippen molar-refractivity contribution in [3.8, 4) is 0 Å². The van der Waals surface area contributed by atoms with Crippen molar-refractivity contribution in [1.82, 2.24) is 20.2 Å². The molecule has 1 saturated heterocycles. The molecule has 1 aliphatic heterocycles. The number of carbonyl (C=O) groups excluding carboxylic acids is 7. The third kappa shape index (κ3) is 11.4. The van der Waals surface area contributed by atoms with Crippen molar-refractivity contribution in [2.75, 3.05) is 13.7 Å². The van der Waals surface area contributed by atoms with E-state index < -0.39 is 95.5 Å². The normalized spacial score (nSPS) is 17.7. The first-order valence-electron chi connectivity index (χ1n) is 18.4. The molecule has 1 unspecified atom stereocenters. The number of aliphatic carboxylic acids is 1. The van der Waals surface area contributed by atoms with Crippen molar-refractivity contribution in [2.45, 2.75) is 91.6 Å². The molecule has 14 nitrogen and oxygen atoms in total. The van der Waals surface area contributed by atoms with Gasteiger partial charge in [-0.05, 0) is 36.7 Å². The van der Waals surface area contributed by atoms with Gasteiger partial charge in [0.25, 0.3) is 5.91 Å². The van der Waals surface area contributed by atoms with E-state index in [0.717, 1.165) is 0 Å². The molecule has 2 aromatic rings. The van der Waals surface area contributed by atoms with Gasteiger partial charge < -0.3 is 20.1 Å². The van der Waals surface area contributed by atoms with Crippen molar-refractivity contribution in [2.24, 2.45) is 35.5 Å². The summed E-state index contributed by atoms with van der Waals surface area (Å²) in [6, 6.07) is 6.46. The zero-order valence-corrected chi connectivity index (χ0v) is 31.9. The minimum atomic E-state index is -1.31. The average molecular weight is 749 g/mol. The van der Waals surface area contributed by atoms with E-state index in [0.29, 0.717) is 12.0 Å². The van der Waals surface area contributed by atoms with Gasteiger partial charge in [-0.3, -0.25) is 43.3 Å². The largest absolute Gasteiger partial charge is 0.481 e. The van der Waals surface area contributed by atoms with E-state index in [1.54, 1.807) is 65.0 Å². The molecule has 1 aromatic carbocycles. The van der Waals surface area contributed by atoms with E-state index >= 15 is 0 Å². The number of nitrogens with one attached hydrogen (secondary N) is 1. The fourth-order valence-electron chi connectivity index (χ4n) is 6.99. The van der Waals surface area contributed by atoms with Crippen LogP contribution >= 0.6 is 0 Å². The van der Waals surface area contributed by atoms with Crippen LogP contribution in [0.1, 0.15) is 89.2 Å². The summed E-state index contributed by atoms with van der Waals surface area (Å²) in [5, 5.41) is 12.5. The lowest BCUT2D eigenvalue weighted by Gasteiger charge is -2.32. The number of ketones is 4. The van der Waals surface area contributed by atoms with Crippen LogP contribution in [-0.2, 0) is 44.7 Å². The number of esters is 1. The molecule has 3 rings (SSSR count). The number of carboxylic acids is 1. The summed E-state index contributed by atoms with van der Waals surface area (Å²) in [6.45, 7) is 8.81. The van der Waals surface area contributed by atoms with E-state index in [4.69, 9.17) is 4.74 Å². The molecule has 1 fully saturated rings. The number of ether oxygens (including phenoxy) is 1. The Labute approximate surface area is 315 Å². The summed E-state index contributed by atoms with van der Waals surface area (Å²) in [6.07, 6.45) is 3.49. The van der Waals surface area contributed by atoms with Crippen LogP contribution in [-0.4, -0.2) is 92.6 Å². The van der Waals surface area contributed by atoms with Gasteiger partial charge in [0, 0.05) is 50.0 Å². The summed E-state index contributed by atoms with van der Waals surface area (Å²) >= 11 is 0. The number of Topliss-reactive ketones (excluding diaryl/α,β-unsaturated/α-hetero) is 4. The molecule has 0 radical (unpaired) electrons. The summed E-state index contributed by atoms with van der Waals surface area (Å²) in [5.41, 5.74) is 0.716. The highest BCUT2D eigenvalue weighted by Gasteiger charge is 2.48. The van der Waals surface area contributed by atoms with Crippen LogP contribution in [0.25, 0.3) is 0 Å². The fourth-order valence-corrected chi connectivity index (χ4v) is 6.99. The predicted molar refractivity (Wildman–Crippen MR) is 196 cm³/mol. The Morgan fingerprint density at radius 3 is 2.17 bits per heavy atom. The topological polar surface area (TPSA) is 207 Å². The summed E-state index contributed by atoms with van der Waals surface area (Å²) in [5.74, 6) is -10.8. The maximum absolute atomic E-state index is 14.3. The van der Waals surface area contributed by atoms with Crippen molar-refractivity contribution in [3.05, 3.63) is 60.2 Å². The Bertz CT molecular complexity index is 1660. The molecule has 2 amide bonds. The highest BCUT2D eigenvalue weighted by Crippen LogP contribution is 2.33. The van der Waals surface area contributed by atoms with Crippen molar-refractivity contribution < 1.29 is 48.2 Å². The molecular weight excluding hydrogens is 696 g/mol. The van der Waals surface area contributed by atoms with Gasteiger partial charge in [0.05, 0.1) is 31.2 Å². The van der Waals surface area contributed by atoms with E-state index in [1.165, 1.54) is 30.6 Å². The minimum Gasteiger partial charge on any atom is -0.481 e. The van der Waals surface area contributed by atoms with Crippen LogP contribution in [0.3, 0.4) is 0 Å². The number of methoxy groups -OCH3 is 1. The van der Waals surface area contributed by atoms with Gasteiger partial charge in [-0.1, -0.05) is 71.4 Å². The van der Waals surface area contributed by atoms with Crippen LogP contribution in [0.4, 0.5) is 0 Å². The second-order valence-electron chi connectivity index (χ2n) is 14.6. The lowest BCUT2D eigenvalue weighted by atomic mass is 9.83. The van der Waals surface area contributed by atoms with E-state index in [2.05, 4.69) is 15.3 Å². The van der Waals surface area contributed by atoms with Crippen molar-refractivity contribution >= 4 is 46.9 Å². The van der Waals surface area contributed by atoms with Crippen LogP contribution in [0.5, 0.6) is 0 Å². The van der Waals surface area contributed by atoms with Crippen LogP contribution in [0.15, 0.2) is 48.9 Å². The van der Waals surface area contributed by atoms with Gasteiger partial charge in [0.1, 0.15) is 11.7 Å². The maximum Gasteiger partial charge on any atom is 0.311 e. The number of rotatable bonds is 21. The molecular formula is C40H52N4O10. The van der Waals surface area contributed by atoms with Gasteiger partial charge in [-0.25, -0.2) is 4.98 Å². The number of amides is 2. The first kappa shape index (κ1) is 43.3. The lowest BCUT2D eigenvalue weighted by molar-refractivity contribution is -0.152. The van der Waals surface area contributed by atoms with Gasteiger partial charge in [-0.15, -0.1) is 0 Å². The lowest BCUT2D eigenvalue weighted by Crippen LogP contribution is -2.50. The fraction of sp³-hybridized carbons (Fsp3) is 0.550. The highest BCUT2D eigenvalue weighted by atomic mass is 16.5. The van der Waals surface area contributed by atoms with E-state index in [9.17, 15) is 43.5 Å². The van der Waals surface area contributed by atoms with Crippen LogP contribution in [0.2, 0.25) is 0 Å². The van der Waals surface area contributed by atoms with Crippen molar-refractivity contribution in [3.63, 3.8) is 0 Å². The number of aromatic nitrogens is 2. The number of carboxylic acid groups (broad SMARTS) is 1. The molecule has 2 heterocycles. The third-order valence-corrected chi connectivity index (χ3v) is 9.99. The molecule has 0 spiro atoms. The highest BCUT2D eigenvalue weighted by molar-refractivity contribution is 6.38. The summed E-state index contributed by atoms with van der Waals surface area (Å²) in [4.78, 5) is 116. The Hall–Kier alpha value is -5.14. The first-order valence-corrected chi connectivity index (χ1v) is 18.4. The van der Waals surface area contributed by atoms with Gasteiger partial charge in [0.2, 0.25) is 11.7 Å². The number of carbonyl (C=O) groups is 8. The predicted octanol–water partition coefficient (Wildman–Crippen LogP) is 3.70. The second-order valence-corrected chi connectivity index (χ2v) is 14.6. The number of nitrogens with zero attached hydrogens (tertiary/aromatic N) is 3. The molecule has 6 atom stereocenters. The van der Waals surface area contributed by atoms with E-state index in [-0.39, 0.29) is 49.8 Å². The molecule has 292 valence electrons. The molecule has 54 heavy (non-hydrogen) atoms. The molecule has 1 aliphatic rings. The number of hydrogen-bond acceptors (Lipinski definition) is 11. The van der Waals surface area contributed by atoms with Gasteiger partial charge in [-0.2, -0.15) is 0 Å². The minimum absolute atomic E-state index is 0.00847. The van der Waals surface area contributed by atoms with Crippen molar-refractivity contribution in [1.29, 1.82) is 0 Å². The van der Waals surface area contributed by atoms with Gasteiger partial charge >= 0.3 is 11.9 Å². The molecule has 14 heteroatoms. The average Bonchev–Trinajstić information content (AvgIpc) is 3.60. The van der Waals surface area contributed by atoms with Crippen LogP contribution in [0, 0.1) is 35.5 Å². The Kier molecular flexibility index (Phi) is 16.3. The zero-order valence-electron chi connectivity index (χ0n) is 31.9. The smallest absolute Gasteiger partial charge is 0.311 e. The summed E-state index contributed by atoms with van der Waals surface area (Å²) < 4.78 is 4.99. The van der Waals surface area contributed by atoms with Gasteiger partial charge in [0.15, 0.2) is 17.3 Å². The third-order valence-electron chi connectivity index (χ3n) is 9.99. The monoisotopic (exact) mass is 748 g/mol. The standard InChI is InChI=1S/C40H52N4O10/c1-7-11-26(36(48)33(47)20-27(39(51)52)18-25-12-9-8-10-13-25)19-32(46)35-28(40(53)54-6)14-17-44(35)38(50)29(23(2)3)21-31(45)34(24(4)5)43-37(49)30-22-41-15-16-42-30/h8-10,12-13,15-16,22-24,26-29,34-35H,7,11,14,17-21H2,1-6H3,(H,43,49)(H,51,52)/t26?,27-,28-,29+,34+,35+/m1/s1. The SMILES string of the molecule is CCCC(CC(=O)[C@@H]1[C@H](C(=O)OC)CCN1C(=O)[C@@H](CC(=O)[C@@H](NC(=O)c1cnccn1)C(C)C)C(C)C)C(=O)C(=O)C[C@@H](Cc1ccccc1)C(=O)O. The molecule has 0 bridgehead atoms. The number of likely N-dealkylation sites (tertiary alicyclic amines) is 1.